The van der Waals surface area contributed by atoms with Crippen LogP contribution in [0.4, 0.5) is 0 Å². The zero-order valence-corrected chi connectivity index (χ0v) is 14.1. The van der Waals surface area contributed by atoms with Crippen LogP contribution in [-0.4, -0.2) is 21.5 Å². The van der Waals surface area contributed by atoms with Crippen LogP contribution in [0.3, 0.4) is 0 Å². The molecule has 2 unspecified atom stereocenters. The standard InChI is InChI=1S/C14H14BrN3S2/c1-2-18-13(11-7-9(15)8-20-11)12(17-14(18)19)10-5-3-4-6-16-10/h3-8,12-13H,2H2,1H3,(H,17,19). The van der Waals surface area contributed by atoms with Gasteiger partial charge in [-0.15, -0.1) is 11.3 Å². The molecule has 1 N–H and O–H groups in total. The summed E-state index contributed by atoms with van der Waals surface area (Å²) in [5, 5.41) is 6.33. The maximum absolute atomic E-state index is 5.48. The number of halogens is 1. The topological polar surface area (TPSA) is 28.2 Å². The Morgan fingerprint density at radius 3 is 2.95 bits per heavy atom. The Bertz CT molecular complexity index is 614. The van der Waals surface area contributed by atoms with Crippen LogP contribution in [0.15, 0.2) is 40.3 Å². The number of nitrogens with one attached hydrogen (secondary N) is 1. The lowest BCUT2D eigenvalue weighted by molar-refractivity contribution is 0.335. The van der Waals surface area contributed by atoms with Crippen molar-refractivity contribution in [3.8, 4) is 0 Å². The van der Waals surface area contributed by atoms with Gasteiger partial charge in [0.25, 0.3) is 0 Å². The van der Waals surface area contributed by atoms with Crippen molar-refractivity contribution in [2.24, 2.45) is 0 Å². The number of aromatic nitrogens is 1. The number of pyridine rings is 1. The summed E-state index contributed by atoms with van der Waals surface area (Å²) in [6.07, 6.45) is 1.83. The van der Waals surface area contributed by atoms with Crippen molar-refractivity contribution in [3.63, 3.8) is 0 Å². The molecular weight excluding hydrogens is 354 g/mol. The van der Waals surface area contributed by atoms with Gasteiger partial charge in [-0.2, -0.15) is 0 Å². The zero-order valence-electron chi connectivity index (χ0n) is 10.9. The maximum Gasteiger partial charge on any atom is 0.170 e. The van der Waals surface area contributed by atoms with Gasteiger partial charge in [-0.25, -0.2) is 0 Å². The second-order valence-electron chi connectivity index (χ2n) is 4.58. The number of rotatable bonds is 3. The summed E-state index contributed by atoms with van der Waals surface area (Å²) < 4.78 is 1.12. The second-order valence-corrected chi connectivity index (χ2v) is 6.83. The van der Waals surface area contributed by atoms with Crippen molar-refractivity contribution in [1.82, 2.24) is 15.2 Å². The number of hydrogen-bond acceptors (Lipinski definition) is 3. The minimum atomic E-state index is 0.106. The monoisotopic (exact) mass is 367 g/mol. The van der Waals surface area contributed by atoms with E-state index in [1.165, 1.54) is 4.88 Å². The molecule has 3 rings (SSSR count). The van der Waals surface area contributed by atoms with E-state index in [9.17, 15) is 0 Å². The number of thiophene rings is 1. The van der Waals surface area contributed by atoms with E-state index in [-0.39, 0.29) is 12.1 Å². The summed E-state index contributed by atoms with van der Waals surface area (Å²) in [6, 6.07) is 8.49. The van der Waals surface area contributed by atoms with E-state index < -0.39 is 0 Å². The molecule has 20 heavy (non-hydrogen) atoms. The largest absolute Gasteiger partial charge is 0.352 e. The first kappa shape index (κ1) is 14.0. The van der Waals surface area contributed by atoms with Crippen LogP contribution in [0.2, 0.25) is 0 Å². The fourth-order valence-corrected chi connectivity index (χ4v) is 4.50. The molecule has 0 bridgehead atoms. The molecule has 0 aromatic carbocycles. The highest BCUT2D eigenvalue weighted by Gasteiger charge is 2.39. The average Bonchev–Trinajstić information content (AvgIpc) is 3.03. The second kappa shape index (κ2) is 5.79. The first-order chi connectivity index (χ1) is 9.70. The number of hydrogen-bond donors (Lipinski definition) is 1. The van der Waals surface area contributed by atoms with Crippen LogP contribution >= 0.6 is 39.5 Å². The van der Waals surface area contributed by atoms with Crippen molar-refractivity contribution in [3.05, 3.63) is 50.9 Å². The predicted octanol–water partition coefficient (Wildman–Crippen LogP) is 3.90. The molecule has 0 spiro atoms. The fourth-order valence-electron chi connectivity index (χ4n) is 2.54. The van der Waals surface area contributed by atoms with Gasteiger partial charge in [0, 0.05) is 27.5 Å². The summed E-state index contributed by atoms with van der Waals surface area (Å²) in [6.45, 7) is 3.01. The first-order valence-electron chi connectivity index (χ1n) is 6.42. The molecule has 6 heteroatoms. The lowest BCUT2D eigenvalue weighted by atomic mass is 10.0. The zero-order chi connectivity index (χ0) is 14.1. The lowest BCUT2D eigenvalue weighted by Gasteiger charge is -2.25. The average molecular weight is 368 g/mol. The SMILES string of the molecule is CCN1C(=S)NC(c2ccccn2)C1c1cc(Br)cs1. The van der Waals surface area contributed by atoms with Gasteiger partial charge in [-0.05, 0) is 53.3 Å². The van der Waals surface area contributed by atoms with Gasteiger partial charge in [0.1, 0.15) is 0 Å². The molecule has 1 fully saturated rings. The van der Waals surface area contributed by atoms with Crippen molar-refractivity contribution >= 4 is 44.6 Å². The summed E-state index contributed by atoms with van der Waals surface area (Å²) in [4.78, 5) is 8.01. The summed E-state index contributed by atoms with van der Waals surface area (Å²) >= 11 is 10.8. The highest BCUT2D eigenvalue weighted by Crippen LogP contribution is 2.41. The van der Waals surface area contributed by atoms with Gasteiger partial charge < -0.3 is 10.2 Å². The van der Waals surface area contributed by atoms with E-state index in [0.717, 1.165) is 21.8 Å². The molecule has 1 aliphatic rings. The van der Waals surface area contributed by atoms with Crippen molar-refractivity contribution < 1.29 is 0 Å². The van der Waals surface area contributed by atoms with Gasteiger partial charge in [0.05, 0.1) is 17.8 Å². The maximum atomic E-state index is 5.48. The molecule has 3 heterocycles. The fraction of sp³-hybridized carbons (Fsp3) is 0.286. The molecule has 0 radical (unpaired) electrons. The smallest absolute Gasteiger partial charge is 0.170 e. The highest BCUT2D eigenvalue weighted by molar-refractivity contribution is 9.10. The first-order valence-corrected chi connectivity index (χ1v) is 8.50. The highest BCUT2D eigenvalue weighted by atomic mass is 79.9. The van der Waals surface area contributed by atoms with Gasteiger partial charge in [0.15, 0.2) is 5.11 Å². The number of likely N-dealkylation sites (N-methyl/N-ethyl adjacent to an activating group) is 1. The van der Waals surface area contributed by atoms with Crippen LogP contribution in [0, 0.1) is 0 Å². The third-order valence-electron chi connectivity index (χ3n) is 3.42. The van der Waals surface area contributed by atoms with E-state index in [1.54, 1.807) is 11.3 Å². The van der Waals surface area contributed by atoms with Crippen LogP contribution in [0.1, 0.15) is 29.6 Å². The van der Waals surface area contributed by atoms with Crippen LogP contribution < -0.4 is 5.32 Å². The molecule has 1 saturated heterocycles. The lowest BCUT2D eigenvalue weighted by Crippen LogP contribution is -2.28. The molecular formula is C14H14BrN3S2. The molecule has 2 aromatic heterocycles. The minimum Gasteiger partial charge on any atom is -0.352 e. The molecule has 0 saturated carbocycles. The summed E-state index contributed by atoms with van der Waals surface area (Å²) in [7, 11) is 0. The Kier molecular flexibility index (Phi) is 4.05. The van der Waals surface area contributed by atoms with E-state index in [0.29, 0.717) is 0 Å². The van der Waals surface area contributed by atoms with Crippen LogP contribution in [0.5, 0.6) is 0 Å². The predicted molar refractivity (Wildman–Crippen MR) is 89.9 cm³/mol. The molecule has 1 aliphatic heterocycles. The van der Waals surface area contributed by atoms with Crippen LogP contribution in [-0.2, 0) is 0 Å². The Hall–Kier alpha value is -0.980. The van der Waals surface area contributed by atoms with Gasteiger partial charge in [-0.1, -0.05) is 6.07 Å². The van der Waals surface area contributed by atoms with E-state index >= 15 is 0 Å². The summed E-state index contributed by atoms with van der Waals surface area (Å²) in [5.41, 5.74) is 1.03. The molecule has 0 aliphatic carbocycles. The molecule has 104 valence electrons. The quantitative estimate of drug-likeness (QED) is 0.832. The van der Waals surface area contributed by atoms with Crippen LogP contribution in [0.25, 0.3) is 0 Å². The Balaban J connectivity index is 2.02. The molecule has 2 aromatic rings. The third kappa shape index (κ3) is 2.47. The van der Waals surface area contributed by atoms with Crippen molar-refractivity contribution in [2.75, 3.05) is 6.54 Å². The normalized spacial score (nSPS) is 22.1. The van der Waals surface area contributed by atoms with Crippen molar-refractivity contribution in [2.45, 2.75) is 19.0 Å². The van der Waals surface area contributed by atoms with Gasteiger partial charge in [0.2, 0.25) is 0 Å². The molecule has 0 amide bonds. The summed E-state index contributed by atoms with van der Waals surface area (Å²) in [5.74, 6) is 0. The number of thiocarbonyl (C=S) groups is 1. The Morgan fingerprint density at radius 1 is 1.50 bits per heavy atom. The third-order valence-corrected chi connectivity index (χ3v) is 5.53. The van der Waals surface area contributed by atoms with Crippen molar-refractivity contribution in [1.29, 1.82) is 0 Å². The van der Waals surface area contributed by atoms with E-state index in [2.05, 4.69) is 55.6 Å². The molecule has 3 nitrogen and oxygen atoms in total. The van der Waals surface area contributed by atoms with Gasteiger partial charge in [-0.3, -0.25) is 4.98 Å². The minimum absolute atomic E-state index is 0.106. The number of nitrogens with zero attached hydrogens (tertiary/aromatic N) is 2. The van der Waals surface area contributed by atoms with E-state index in [4.69, 9.17) is 12.2 Å². The van der Waals surface area contributed by atoms with Gasteiger partial charge >= 0.3 is 0 Å². The molecule has 2 atom stereocenters. The Morgan fingerprint density at radius 2 is 2.35 bits per heavy atom. The Labute approximate surface area is 136 Å². The van der Waals surface area contributed by atoms with E-state index in [1.807, 2.05) is 18.3 Å².